The molecule has 2 aromatic rings. The molecule has 0 saturated heterocycles. The fraction of sp³-hybridized carbons (Fsp3) is 0.414. The van der Waals surface area contributed by atoms with Crippen LogP contribution in [0.3, 0.4) is 0 Å². The van der Waals surface area contributed by atoms with Crippen molar-refractivity contribution < 1.29 is 19.4 Å². The Labute approximate surface area is 197 Å². The highest BCUT2D eigenvalue weighted by Gasteiger charge is 2.31. The Morgan fingerprint density at radius 2 is 1.67 bits per heavy atom. The molecule has 176 valence electrons. The van der Waals surface area contributed by atoms with Gasteiger partial charge in [0.15, 0.2) is 0 Å². The van der Waals surface area contributed by atoms with Crippen molar-refractivity contribution in [3.05, 3.63) is 82.1 Å². The zero-order valence-electron chi connectivity index (χ0n) is 20.7. The van der Waals surface area contributed by atoms with Gasteiger partial charge >= 0.3 is 5.97 Å². The predicted molar refractivity (Wildman–Crippen MR) is 133 cm³/mol. The first kappa shape index (κ1) is 24.8. The van der Waals surface area contributed by atoms with Crippen molar-refractivity contribution in [3.63, 3.8) is 0 Å². The van der Waals surface area contributed by atoms with E-state index in [9.17, 15) is 9.90 Å². The topological polar surface area (TPSA) is 55.8 Å². The molecule has 1 aliphatic rings. The quantitative estimate of drug-likeness (QED) is 0.451. The third kappa shape index (κ3) is 5.75. The summed E-state index contributed by atoms with van der Waals surface area (Å²) >= 11 is 0. The van der Waals surface area contributed by atoms with Crippen molar-refractivity contribution in [2.24, 2.45) is 0 Å². The fourth-order valence-corrected chi connectivity index (χ4v) is 4.46. The smallest absolute Gasteiger partial charge is 0.314 e. The first-order valence-electron chi connectivity index (χ1n) is 11.7. The standard InChI is InChI=1S/C29H36O4/c1-7-29(8-2,23-10-9-22(20(3)17-23)15-16-28(5,6)31)24-11-13-26(21(4)18-24)32-19-25-12-14-27(30)33-25/h9-13,15-18,31H,7-8,14,19H2,1-6H3. The van der Waals surface area contributed by atoms with Gasteiger partial charge in [0.05, 0.1) is 12.0 Å². The Hall–Kier alpha value is -2.85. The molecule has 0 bridgehead atoms. The summed E-state index contributed by atoms with van der Waals surface area (Å²) in [5.41, 5.74) is 4.99. The van der Waals surface area contributed by atoms with Crippen LogP contribution in [0.5, 0.6) is 5.75 Å². The SMILES string of the molecule is CCC(CC)(c1ccc(C=CC(C)(C)O)c(C)c1)c1ccc(OCC2=CCC(=O)O2)c(C)c1. The van der Waals surface area contributed by atoms with Gasteiger partial charge < -0.3 is 14.6 Å². The van der Waals surface area contributed by atoms with E-state index in [0.717, 1.165) is 29.7 Å². The molecule has 0 atom stereocenters. The Morgan fingerprint density at radius 1 is 1.03 bits per heavy atom. The van der Waals surface area contributed by atoms with E-state index in [2.05, 4.69) is 58.0 Å². The van der Waals surface area contributed by atoms with Gasteiger partial charge in [0.1, 0.15) is 18.1 Å². The minimum atomic E-state index is -0.834. The van der Waals surface area contributed by atoms with Gasteiger partial charge in [-0.15, -0.1) is 0 Å². The predicted octanol–water partition coefficient (Wildman–Crippen LogP) is 6.40. The van der Waals surface area contributed by atoms with Gasteiger partial charge in [0, 0.05) is 5.41 Å². The van der Waals surface area contributed by atoms with Crippen molar-refractivity contribution in [2.75, 3.05) is 6.61 Å². The van der Waals surface area contributed by atoms with E-state index in [4.69, 9.17) is 9.47 Å². The molecule has 33 heavy (non-hydrogen) atoms. The van der Waals surface area contributed by atoms with Crippen molar-refractivity contribution >= 4 is 12.0 Å². The van der Waals surface area contributed by atoms with Gasteiger partial charge in [-0.25, -0.2) is 0 Å². The Kier molecular flexibility index (Phi) is 7.48. The summed E-state index contributed by atoms with van der Waals surface area (Å²) in [4.78, 5) is 11.3. The summed E-state index contributed by atoms with van der Waals surface area (Å²) in [5, 5.41) is 10.0. The fourth-order valence-electron chi connectivity index (χ4n) is 4.46. The second kappa shape index (κ2) is 9.96. The van der Waals surface area contributed by atoms with Crippen molar-refractivity contribution in [2.45, 2.75) is 71.8 Å². The van der Waals surface area contributed by atoms with Crippen LogP contribution in [-0.2, 0) is 14.9 Å². The molecule has 1 N–H and O–H groups in total. The maximum absolute atomic E-state index is 11.3. The number of esters is 1. The van der Waals surface area contributed by atoms with E-state index in [1.165, 1.54) is 16.7 Å². The zero-order chi connectivity index (χ0) is 24.2. The van der Waals surface area contributed by atoms with Crippen molar-refractivity contribution in [1.29, 1.82) is 0 Å². The Bertz CT molecular complexity index is 1070. The van der Waals surface area contributed by atoms with E-state index in [0.29, 0.717) is 12.2 Å². The molecule has 0 unspecified atom stereocenters. The number of carbonyl (C=O) groups excluding carboxylic acids is 1. The Balaban J connectivity index is 1.88. The molecule has 0 spiro atoms. The summed E-state index contributed by atoms with van der Waals surface area (Å²) in [5.74, 6) is 1.15. The van der Waals surface area contributed by atoms with E-state index in [1.807, 2.05) is 18.2 Å². The van der Waals surface area contributed by atoms with Crippen LogP contribution in [0.15, 0.2) is 54.3 Å². The van der Waals surface area contributed by atoms with Gasteiger partial charge in [0.25, 0.3) is 0 Å². The van der Waals surface area contributed by atoms with Crippen LogP contribution in [0, 0.1) is 13.8 Å². The van der Waals surface area contributed by atoms with Crippen LogP contribution in [0.2, 0.25) is 0 Å². The van der Waals surface area contributed by atoms with E-state index >= 15 is 0 Å². The van der Waals surface area contributed by atoms with Crippen LogP contribution in [-0.4, -0.2) is 23.3 Å². The van der Waals surface area contributed by atoms with Crippen LogP contribution in [0.4, 0.5) is 0 Å². The number of benzene rings is 2. The first-order valence-corrected chi connectivity index (χ1v) is 11.7. The van der Waals surface area contributed by atoms with Crippen molar-refractivity contribution in [1.82, 2.24) is 0 Å². The third-order valence-corrected chi connectivity index (χ3v) is 6.54. The summed E-state index contributed by atoms with van der Waals surface area (Å²) in [6.07, 6.45) is 7.86. The highest BCUT2D eigenvalue weighted by atomic mass is 16.6. The maximum atomic E-state index is 11.3. The van der Waals surface area contributed by atoms with E-state index < -0.39 is 5.60 Å². The van der Waals surface area contributed by atoms with Gasteiger partial charge in [-0.1, -0.05) is 56.3 Å². The van der Waals surface area contributed by atoms with Crippen molar-refractivity contribution in [3.8, 4) is 5.75 Å². The molecule has 4 heteroatoms. The lowest BCUT2D eigenvalue weighted by Crippen LogP contribution is -2.26. The van der Waals surface area contributed by atoms with Crippen LogP contribution < -0.4 is 4.74 Å². The normalized spacial score (nSPS) is 14.5. The largest absolute Gasteiger partial charge is 0.485 e. The van der Waals surface area contributed by atoms with Gasteiger partial charge in [-0.3, -0.25) is 4.79 Å². The molecule has 1 aliphatic heterocycles. The molecule has 4 nitrogen and oxygen atoms in total. The minimum absolute atomic E-state index is 0.101. The lowest BCUT2D eigenvalue weighted by molar-refractivity contribution is -0.136. The highest BCUT2D eigenvalue weighted by Crippen LogP contribution is 2.41. The molecule has 0 amide bonds. The number of carbonyl (C=O) groups is 1. The molecule has 0 aromatic heterocycles. The number of aryl methyl sites for hydroxylation is 2. The number of hydrogen-bond donors (Lipinski definition) is 1. The summed E-state index contributed by atoms with van der Waals surface area (Å²) < 4.78 is 11.1. The molecule has 0 fully saturated rings. The summed E-state index contributed by atoms with van der Waals surface area (Å²) in [6, 6.07) is 13.0. The number of cyclic esters (lactones) is 1. The zero-order valence-corrected chi connectivity index (χ0v) is 20.7. The lowest BCUT2D eigenvalue weighted by atomic mass is 9.70. The van der Waals surface area contributed by atoms with Crippen LogP contribution in [0.25, 0.3) is 6.08 Å². The second-order valence-corrected chi connectivity index (χ2v) is 9.47. The van der Waals surface area contributed by atoms with Crippen LogP contribution >= 0.6 is 0 Å². The average Bonchev–Trinajstić information content (AvgIpc) is 3.18. The number of ether oxygens (including phenoxy) is 2. The summed E-state index contributed by atoms with van der Waals surface area (Å²) in [6.45, 7) is 12.5. The number of rotatable bonds is 9. The van der Waals surface area contributed by atoms with E-state index in [1.54, 1.807) is 19.9 Å². The first-order chi connectivity index (χ1) is 15.6. The Morgan fingerprint density at radius 3 is 2.18 bits per heavy atom. The molecule has 0 aliphatic carbocycles. The average molecular weight is 449 g/mol. The molecular formula is C29H36O4. The monoisotopic (exact) mass is 448 g/mol. The van der Waals surface area contributed by atoms with E-state index in [-0.39, 0.29) is 18.0 Å². The molecule has 0 radical (unpaired) electrons. The summed E-state index contributed by atoms with van der Waals surface area (Å²) in [7, 11) is 0. The molecule has 0 saturated carbocycles. The molecule has 2 aromatic carbocycles. The molecule has 3 rings (SSSR count). The maximum Gasteiger partial charge on any atom is 0.314 e. The molecular weight excluding hydrogens is 412 g/mol. The van der Waals surface area contributed by atoms with Gasteiger partial charge in [-0.05, 0) is 80.5 Å². The lowest BCUT2D eigenvalue weighted by Gasteiger charge is -2.34. The van der Waals surface area contributed by atoms with Gasteiger partial charge in [-0.2, -0.15) is 0 Å². The van der Waals surface area contributed by atoms with Gasteiger partial charge in [0.2, 0.25) is 0 Å². The van der Waals surface area contributed by atoms with Crippen LogP contribution in [0.1, 0.15) is 74.8 Å². The molecule has 1 heterocycles. The number of hydrogen-bond acceptors (Lipinski definition) is 4. The second-order valence-electron chi connectivity index (χ2n) is 9.47. The minimum Gasteiger partial charge on any atom is -0.485 e. The number of aliphatic hydroxyl groups is 1. The highest BCUT2D eigenvalue weighted by molar-refractivity contribution is 5.75. The third-order valence-electron chi connectivity index (χ3n) is 6.54.